The summed E-state index contributed by atoms with van der Waals surface area (Å²) in [6.07, 6.45) is 3.38. The Hall–Kier alpha value is -3.15. The normalized spacial score (nSPS) is 10.5. The molecule has 0 bridgehead atoms. The maximum atomic E-state index is 12.1. The molecule has 0 aliphatic carbocycles. The van der Waals surface area contributed by atoms with E-state index in [0.29, 0.717) is 25.4 Å². The maximum Gasteiger partial charge on any atom is 0.273 e. The first-order chi connectivity index (χ1) is 12.8. The average Bonchev–Trinajstić information content (AvgIpc) is 3.14. The minimum atomic E-state index is -0.201. The van der Waals surface area contributed by atoms with Crippen LogP contribution in [-0.2, 0) is 6.54 Å². The van der Waals surface area contributed by atoms with Crippen molar-refractivity contribution >= 4 is 5.91 Å². The lowest BCUT2D eigenvalue weighted by atomic mass is 10.2. The average molecular weight is 350 g/mol. The first-order valence-electron chi connectivity index (χ1n) is 8.71. The molecule has 0 radical (unpaired) electrons. The standard InChI is InChI=1S/C20H22N4O2/c25-20(21-13-7-8-14-26-18-11-5-2-6-12-18)19-16-24(23-22-19)15-17-9-3-1-4-10-17/h1-6,9-12,16H,7-8,13-15H2,(H,21,25). The number of unbranched alkanes of at least 4 members (excludes halogenated alkanes) is 1. The molecule has 0 unspecified atom stereocenters. The van der Waals surface area contributed by atoms with E-state index in [1.807, 2.05) is 60.7 Å². The van der Waals surface area contributed by atoms with Crippen molar-refractivity contribution < 1.29 is 9.53 Å². The molecular formula is C20H22N4O2. The van der Waals surface area contributed by atoms with Gasteiger partial charge in [0.25, 0.3) is 5.91 Å². The molecule has 1 amide bonds. The van der Waals surface area contributed by atoms with Gasteiger partial charge in [0.15, 0.2) is 5.69 Å². The number of hydrogen-bond donors (Lipinski definition) is 1. The van der Waals surface area contributed by atoms with Crippen molar-refractivity contribution in [3.63, 3.8) is 0 Å². The van der Waals surface area contributed by atoms with Gasteiger partial charge in [0.2, 0.25) is 0 Å². The molecule has 3 rings (SSSR count). The van der Waals surface area contributed by atoms with Crippen LogP contribution >= 0.6 is 0 Å². The molecule has 0 aliphatic heterocycles. The molecule has 0 saturated carbocycles. The fraction of sp³-hybridized carbons (Fsp3) is 0.250. The lowest BCUT2D eigenvalue weighted by molar-refractivity contribution is 0.0947. The van der Waals surface area contributed by atoms with Crippen molar-refractivity contribution in [2.75, 3.05) is 13.2 Å². The zero-order valence-corrected chi connectivity index (χ0v) is 14.5. The summed E-state index contributed by atoms with van der Waals surface area (Å²) in [5.41, 5.74) is 1.45. The molecule has 1 N–H and O–H groups in total. The molecule has 0 spiro atoms. The number of nitrogens with zero attached hydrogens (tertiary/aromatic N) is 3. The lowest BCUT2D eigenvalue weighted by Gasteiger charge is -2.06. The Morgan fingerprint density at radius 1 is 1.00 bits per heavy atom. The smallest absolute Gasteiger partial charge is 0.273 e. The van der Waals surface area contributed by atoms with E-state index in [-0.39, 0.29) is 5.91 Å². The Balaban J connectivity index is 1.35. The molecule has 134 valence electrons. The summed E-state index contributed by atoms with van der Waals surface area (Å²) in [5.74, 6) is 0.667. The highest BCUT2D eigenvalue weighted by Gasteiger charge is 2.10. The molecule has 0 atom stereocenters. The van der Waals surface area contributed by atoms with Gasteiger partial charge in [-0.15, -0.1) is 5.10 Å². The van der Waals surface area contributed by atoms with Crippen molar-refractivity contribution in [1.29, 1.82) is 0 Å². The Morgan fingerprint density at radius 3 is 2.50 bits per heavy atom. The SMILES string of the molecule is O=C(NCCCCOc1ccccc1)c1cn(Cc2ccccc2)nn1. The second kappa shape index (κ2) is 9.36. The Bertz CT molecular complexity index is 803. The molecule has 3 aromatic rings. The van der Waals surface area contributed by atoms with E-state index < -0.39 is 0 Å². The fourth-order valence-electron chi connectivity index (χ4n) is 2.48. The van der Waals surface area contributed by atoms with Crippen LogP contribution in [-0.4, -0.2) is 34.1 Å². The van der Waals surface area contributed by atoms with Crippen LogP contribution in [0.4, 0.5) is 0 Å². The van der Waals surface area contributed by atoms with E-state index in [1.54, 1.807) is 10.9 Å². The van der Waals surface area contributed by atoms with Gasteiger partial charge in [-0.25, -0.2) is 4.68 Å². The topological polar surface area (TPSA) is 69.0 Å². The number of nitrogens with one attached hydrogen (secondary N) is 1. The maximum absolute atomic E-state index is 12.1. The second-order valence-electron chi connectivity index (χ2n) is 5.91. The molecule has 1 heterocycles. The van der Waals surface area contributed by atoms with Crippen molar-refractivity contribution in [2.24, 2.45) is 0 Å². The number of rotatable bonds is 9. The van der Waals surface area contributed by atoms with Gasteiger partial charge in [-0.2, -0.15) is 0 Å². The third-order valence-electron chi connectivity index (χ3n) is 3.83. The monoisotopic (exact) mass is 350 g/mol. The van der Waals surface area contributed by atoms with Gasteiger partial charge in [0.05, 0.1) is 19.3 Å². The first kappa shape index (κ1) is 17.7. The highest BCUT2D eigenvalue weighted by Crippen LogP contribution is 2.08. The molecule has 26 heavy (non-hydrogen) atoms. The van der Waals surface area contributed by atoms with Crippen LogP contribution in [0, 0.1) is 0 Å². The fourth-order valence-corrected chi connectivity index (χ4v) is 2.48. The number of benzene rings is 2. The molecular weight excluding hydrogens is 328 g/mol. The van der Waals surface area contributed by atoms with Crippen LogP contribution < -0.4 is 10.1 Å². The largest absolute Gasteiger partial charge is 0.494 e. The van der Waals surface area contributed by atoms with Crippen LogP contribution in [0.5, 0.6) is 5.75 Å². The van der Waals surface area contributed by atoms with E-state index in [1.165, 1.54) is 0 Å². The van der Waals surface area contributed by atoms with Gasteiger partial charge < -0.3 is 10.1 Å². The second-order valence-corrected chi connectivity index (χ2v) is 5.91. The summed E-state index contributed by atoms with van der Waals surface area (Å²) in [6.45, 7) is 1.81. The van der Waals surface area contributed by atoms with Crippen molar-refractivity contribution in [3.8, 4) is 5.75 Å². The zero-order valence-electron chi connectivity index (χ0n) is 14.5. The molecule has 2 aromatic carbocycles. The predicted molar refractivity (Wildman–Crippen MR) is 99.1 cm³/mol. The van der Waals surface area contributed by atoms with Crippen molar-refractivity contribution in [3.05, 3.63) is 78.1 Å². The number of carbonyl (C=O) groups excluding carboxylic acids is 1. The third-order valence-corrected chi connectivity index (χ3v) is 3.83. The number of amides is 1. The van der Waals surface area contributed by atoms with Crippen LogP contribution in [0.3, 0.4) is 0 Å². The van der Waals surface area contributed by atoms with E-state index in [9.17, 15) is 4.79 Å². The number of ether oxygens (including phenoxy) is 1. The summed E-state index contributed by atoms with van der Waals surface area (Å²) in [5, 5.41) is 10.8. The summed E-state index contributed by atoms with van der Waals surface area (Å²) in [7, 11) is 0. The molecule has 6 nitrogen and oxygen atoms in total. The zero-order chi connectivity index (χ0) is 18.0. The Morgan fingerprint density at radius 2 is 1.73 bits per heavy atom. The van der Waals surface area contributed by atoms with E-state index >= 15 is 0 Å². The minimum absolute atomic E-state index is 0.201. The number of para-hydroxylation sites is 1. The van der Waals surface area contributed by atoms with Crippen LogP contribution in [0.2, 0.25) is 0 Å². The van der Waals surface area contributed by atoms with Crippen molar-refractivity contribution in [2.45, 2.75) is 19.4 Å². The van der Waals surface area contributed by atoms with Crippen LogP contribution in [0.1, 0.15) is 28.9 Å². The number of aromatic nitrogens is 3. The summed E-state index contributed by atoms with van der Waals surface area (Å²) in [6, 6.07) is 19.6. The Kier molecular flexibility index (Phi) is 6.36. The van der Waals surface area contributed by atoms with Crippen molar-refractivity contribution in [1.82, 2.24) is 20.3 Å². The van der Waals surface area contributed by atoms with Crippen LogP contribution in [0.15, 0.2) is 66.9 Å². The summed E-state index contributed by atoms with van der Waals surface area (Å²) < 4.78 is 7.28. The molecule has 0 aliphatic rings. The van der Waals surface area contributed by atoms with Gasteiger partial charge >= 0.3 is 0 Å². The highest BCUT2D eigenvalue weighted by molar-refractivity contribution is 5.91. The summed E-state index contributed by atoms with van der Waals surface area (Å²) in [4.78, 5) is 12.1. The van der Waals surface area contributed by atoms with E-state index in [0.717, 1.165) is 24.2 Å². The van der Waals surface area contributed by atoms with Crippen LogP contribution in [0.25, 0.3) is 0 Å². The molecule has 1 aromatic heterocycles. The first-order valence-corrected chi connectivity index (χ1v) is 8.71. The van der Waals surface area contributed by atoms with Gasteiger partial charge in [-0.3, -0.25) is 4.79 Å². The van der Waals surface area contributed by atoms with E-state index in [4.69, 9.17) is 4.74 Å². The van der Waals surface area contributed by atoms with E-state index in [2.05, 4.69) is 15.6 Å². The molecule has 0 fully saturated rings. The lowest BCUT2D eigenvalue weighted by Crippen LogP contribution is -2.25. The van der Waals surface area contributed by atoms with Gasteiger partial charge in [0.1, 0.15) is 5.75 Å². The van der Waals surface area contributed by atoms with Gasteiger partial charge in [-0.1, -0.05) is 53.7 Å². The molecule has 0 saturated heterocycles. The number of carbonyl (C=O) groups is 1. The highest BCUT2D eigenvalue weighted by atomic mass is 16.5. The quantitative estimate of drug-likeness (QED) is 0.603. The number of hydrogen-bond acceptors (Lipinski definition) is 4. The Labute approximate surface area is 152 Å². The summed E-state index contributed by atoms with van der Waals surface area (Å²) >= 11 is 0. The predicted octanol–water partition coefficient (Wildman–Crippen LogP) is 2.92. The minimum Gasteiger partial charge on any atom is -0.494 e. The van der Waals surface area contributed by atoms with Gasteiger partial charge in [-0.05, 0) is 30.5 Å². The van der Waals surface area contributed by atoms with Gasteiger partial charge in [0, 0.05) is 6.54 Å². The third kappa shape index (κ3) is 5.44. The molecule has 6 heteroatoms.